The highest BCUT2D eigenvalue weighted by atomic mass is 16.5. The third-order valence-corrected chi connectivity index (χ3v) is 3.69. The second-order valence-electron chi connectivity index (χ2n) is 5.82. The van der Waals surface area contributed by atoms with E-state index in [2.05, 4.69) is 4.90 Å². The monoisotopic (exact) mass is 300 g/mol. The number of nitrogens with zero attached hydrogens (tertiary/aromatic N) is 2. The van der Waals surface area contributed by atoms with E-state index in [1.807, 2.05) is 13.8 Å². The van der Waals surface area contributed by atoms with Crippen molar-refractivity contribution < 1.29 is 19.1 Å². The zero-order chi connectivity index (χ0) is 15.8. The van der Waals surface area contributed by atoms with Crippen molar-refractivity contribution in [3.63, 3.8) is 0 Å². The van der Waals surface area contributed by atoms with Gasteiger partial charge in [-0.25, -0.2) is 0 Å². The van der Waals surface area contributed by atoms with E-state index in [1.165, 1.54) is 7.11 Å². The average Bonchev–Trinajstić information content (AvgIpc) is 2.50. The first-order valence-corrected chi connectivity index (χ1v) is 7.62. The van der Waals surface area contributed by atoms with Gasteiger partial charge in [0.2, 0.25) is 5.91 Å². The van der Waals surface area contributed by atoms with Gasteiger partial charge in [0.1, 0.15) is 0 Å². The molecular formula is C15H28N2O4. The molecule has 0 saturated carbocycles. The molecule has 6 heteroatoms. The summed E-state index contributed by atoms with van der Waals surface area (Å²) in [4.78, 5) is 27.9. The number of morpholine rings is 1. The van der Waals surface area contributed by atoms with Crippen LogP contribution in [0.15, 0.2) is 0 Å². The van der Waals surface area contributed by atoms with E-state index in [9.17, 15) is 9.59 Å². The van der Waals surface area contributed by atoms with Crippen molar-refractivity contribution in [3.8, 4) is 0 Å². The Bertz CT molecular complexity index is 341. The minimum Gasteiger partial charge on any atom is -0.469 e. The molecule has 1 atom stereocenters. The zero-order valence-corrected chi connectivity index (χ0v) is 13.6. The van der Waals surface area contributed by atoms with Crippen molar-refractivity contribution in [2.75, 3.05) is 53.0 Å². The van der Waals surface area contributed by atoms with E-state index >= 15 is 0 Å². The van der Waals surface area contributed by atoms with Gasteiger partial charge in [0, 0.05) is 38.6 Å². The van der Waals surface area contributed by atoms with E-state index in [-0.39, 0.29) is 23.7 Å². The minimum absolute atomic E-state index is 0.0699. The normalized spacial score (nSPS) is 17.6. The number of methoxy groups -OCH3 is 1. The molecule has 0 radical (unpaired) electrons. The molecule has 1 fully saturated rings. The zero-order valence-electron chi connectivity index (χ0n) is 13.6. The fraction of sp³-hybridized carbons (Fsp3) is 0.867. The molecule has 0 aromatic carbocycles. The van der Waals surface area contributed by atoms with Crippen LogP contribution >= 0.6 is 0 Å². The second kappa shape index (κ2) is 9.00. The predicted octanol–water partition coefficient (Wildman–Crippen LogP) is 0.612. The van der Waals surface area contributed by atoms with E-state index < -0.39 is 0 Å². The highest BCUT2D eigenvalue weighted by Gasteiger charge is 2.24. The largest absolute Gasteiger partial charge is 0.469 e. The Morgan fingerprint density at radius 2 is 1.86 bits per heavy atom. The number of esters is 1. The lowest BCUT2D eigenvalue weighted by Crippen LogP contribution is -2.46. The molecule has 21 heavy (non-hydrogen) atoms. The third-order valence-electron chi connectivity index (χ3n) is 3.69. The Morgan fingerprint density at radius 3 is 2.38 bits per heavy atom. The van der Waals surface area contributed by atoms with Gasteiger partial charge in [0.15, 0.2) is 0 Å². The summed E-state index contributed by atoms with van der Waals surface area (Å²) in [5.41, 5.74) is 0. The van der Waals surface area contributed by atoms with Crippen LogP contribution in [0, 0.1) is 11.8 Å². The molecule has 1 aliphatic heterocycles. The first-order valence-electron chi connectivity index (χ1n) is 7.62. The van der Waals surface area contributed by atoms with Crippen LogP contribution in [-0.4, -0.2) is 74.7 Å². The topological polar surface area (TPSA) is 59.1 Å². The summed E-state index contributed by atoms with van der Waals surface area (Å²) in [5, 5.41) is 0. The number of carbonyl (C=O) groups is 2. The molecule has 0 aliphatic carbocycles. The van der Waals surface area contributed by atoms with Crippen LogP contribution in [-0.2, 0) is 19.1 Å². The van der Waals surface area contributed by atoms with Crippen molar-refractivity contribution in [3.05, 3.63) is 0 Å². The number of carbonyl (C=O) groups excluding carboxylic acids is 2. The Hall–Kier alpha value is -1.14. The van der Waals surface area contributed by atoms with E-state index in [0.717, 1.165) is 32.8 Å². The summed E-state index contributed by atoms with van der Waals surface area (Å²) in [6, 6.07) is 0. The Labute approximate surface area is 127 Å². The van der Waals surface area contributed by atoms with Gasteiger partial charge >= 0.3 is 5.97 Å². The third kappa shape index (κ3) is 6.01. The van der Waals surface area contributed by atoms with Gasteiger partial charge in [-0.3, -0.25) is 14.5 Å². The van der Waals surface area contributed by atoms with Gasteiger partial charge < -0.3 is 14.4 Å². The number of hydrogen-bond donors (Lipinski definition) is 0. The fourth-order valence-electron chi connectivity index (χ4n) is 2.35. The minimum atomic E-state index is -0.303. The first-order chi connectivity index (χ1) is 9.95. The Kier molecular flexibility index (Phi) is 7.67. The average molecular weight is 300 g/mol. The van der Waals surface area contributed by atoms with Gasteiger partial charge in [-0.05, 0) is 0 Å². The maximum absolute atomic E-state index is 12.3. The molecule has 0 spiro atoms. The van der Waals surface area contributed by atoms with Crippen molar-refractivity contribution in [2.24, 2.45) is 11.8 Å². The summed E-state index contributed by atoms with van der Waals surface area (Å²) in [6.07, 6.45) is 0. The predicted molar refractivity (Wildman–Crippen MR) is 79.9 cm³/mol. The molecule has 122 valence electrons. The van der Waals surface area contributed by atoms with Crippen LogP contribution in [0.1, 0.15) is 20.8 Å². The molecule has 0 aromatic rings. The van der Waals surface area contributed by atoms with Crippen LogP contribution in [0.2, 0.25) is 0 Å². The summed E-state index contributed by atoms with van der Waals surface area (Å²) >= 11 is 0. The summed E-state index contributed by atoms with van der Waals surface area (Å²) < 4.78 is 10.1. The number of amides is 1. The maximum Gasteiger partial charge on any atom is 0.310 e. The van der Waals surface area contributed by atoms with E-state index in [0.29, 0.717) is 13.1 Å². The molecule has 1 saturated heterocycles. The molecular weight excluding hydrogens is 272 g/mol. The van der Waals surface area contributed by atoms with Crippen molar-refractivity contribution >= 4 is 11.9 Å². The molecule has 1 unspecified atom stereocenters. The molecule has 1 aliphatic rings. The highest BCUT2D eigenvalue weighted by Crippen LogP contribution is 2.08. The van der Waals surface area contributed by atoms with Crippen molar-refractivity contribution in [2.45, 2.75) is 20.8 Å². The van der Waals surface area contributed by atoms with Crippen LogP contribution in [0.25, 0.3) is 0 Å². The first kappa shape index (κ1) is 17.9. The number of rotatable bonds is 7. The second-order valence-corrected chi connectivity index (χ2v) is 5.82. The lowest BCUT2D eigenvalue weighted by atomic mass is 10.1. The van der Waals surface area contributed by atoms with Gasteiger partial charge in [0.25, 0.3) is 0 Å². The van der Waals surface area contributed by atoms with E-state index in [1.54, 1.807) is 11.8 Å². The molecule has 1 amide bonds. The number of hydrogen-bond acceptors (Lipinski definition) is 5. The van der Waals surface area contributed by atoms with Gasteiger partial charge in [-0.1, -0.05) is 20.8 Å². The van der Waals surface area contributed by atoms with Gasteiger partial charge in [-0.15, -0.1) is 0 Å². The van der Waals surface area contributed by atoms with Crippen LogP contribution < -0.4 is 0 Å². The highest BCUT2D eigenvalue weighted by molar-refractivity contribution is 5.79. The smallest absolute Gasteiger partial charge is 0.310 e. The van der Waals surface area contributed by atoms with Crippen LogP contribution in [0.3, 0.4) is 0 Å². The Morgan fingerprint density at radius 1 is 1.24 bits per heavy atom. The summed E-state index contributed by atoms with van der Waals surface area (Å²) in [7, 11) is 1.38. The standard InChI is InChI=1S/C15H28N2O4/c1-12(2)14(18)17(11-13(3)15(19)20-4)6-5-16-7-9-21-10-8-16/h12-13H,5-11H2,1-4H3. The number of ether oxygens (including phenoxy) is 2. The molecule has 0 bridgehead atoms. The van der Waals surface area contributed by atoms with E-state index in [4.69, 9.17) is 9.47 Å². The molecule has 1 rings (SSSR count). The molecule has 0 aromatic heterocycles. The summed E-state index contributed by atoms with van der Waals surface area (Å²) in [5.74, 6) is -0.566. The lowest BCUT2D eigenvalue weighted by molar-refractivity contribution is -0.147. The van der Waals surface area contributed by atoms with Gasteiger partial charge in [-0.2, -0.15) is 0 Å². The molecule has 1 heterocycles. The van der Waals surface area contributed by atoms with Gasteiger partial charge in [0.05, 0.1) is 26.2 Å². The molecule has 6 nitrogen and oxygen atoms in total. The Balaban J connectivity index is 2.55. The lowest BCUT2D eigenvalue weighted by Gasteiger charge is -2.31. The molecule has 0 N–H and O–H groups in total. The van der Waals surface area contributed by atoms with Crippen molar-refractivity contribution in [1.29, 1.82) is 0 Å². The van der Waals surface area contributed by atoms with Crippen molar-refractivity contribution in [1.82, 2.24) is 9.80 Å². The summed E-state index contributed by atoms with van der Waals surface area (Å²) in [6.45, 7) is 10.7. The quantitative estimate of drug-likeness (QED) is 0.645. The van der Waals surface area contributed by atoms with Crippen LogP contribution in [0.4, 0.5) is 0 Å². The van der Waals surface area contributed by atoms with Crippen LogP contribution in [0.5, 0.6) is 0 Å². The SMILES string of the molecule is COC(=O)C(C)CN(CCN1CCOCC1)C(=O)C(C)C. The maximum atomic E-state index is 12.3. The fourth-order valence-corrected chi connectivity index (χ4v) is 2.35.